The largest absolute Gasteiger partial charge is 0.497 e. The van der Waals surface area contributed by atoms with Crippen LogP contribution in [0.1, 0.15) is 39.7 Å². The molecule has 0 bridgehead atoms. The Hall–Kier alpha value is -2.00. The molecule has 1 heterocycles. The molecule has 1 aromatic carbocycles. The van der Waals surface area contributed by atoms with Crippen molar-refractivity contribution in [2.45, 2.75) is 58.8 Å². The lowest BCUT2D eigenvalue weighted by molar-refractivity contribution is -0.238. The Labute approximate surface area is 178 Å². The number of imide groups is 1. The first-order chi connectivity index (χ1) is 14.2. The topological polar surface area (TPSA) is 88.5 Å². The minimum atomic E-state index is -0.966. The number of carbonyl (C=O) groups is 2. The van der Waals surface area contributed by atoms with Gasteiger partial charge in [0, 0.05) is 13.7 Å². The molecule has 2 rings (SSSR count). The van der Waals surface area contributed by atoms with Crippen LogP contribution in [0, 0.1) is 11.8 Å². The summed E-state index contributed by atoms with van der Waals surface area (Å²) < 4.78 is 10.1. The number of methoxy groups -OCH3 is 2. The van der Waals surface area contributed by atoms with Crippen LogP contribution in [0.3, 0.4) is 0 Å². The number of aliphatic hydroxyl groups excluding tert-OH is 1. The van der Waals surface area contributed by atoms with Crippen LogP contribution in [0.4, 0.5) is 0 Å². The molecule has 8 nitrogen and oxygen atoms in total. The second-order valence-corrected chi connectivity index (χ2v) is 8.35. The van der Waals surface area contributed by atoms with Gasteiger partial charge in [-0.1, -0.05) is 39.8 Å². The molecule has 3 atom stereocenters. The lowest BCUT2D eigenvalue weighted by Gasteiger charge is -2.46. The van der Waals surface area contributed by atoms with E-state index in [0.717, 1.165) is 16.4 Å². The van der Waals surface area contributed by atoms with E-state index < -0.39 is 30.0 Å². The summed E-state index contributed by atoms with van der Waals surface area (Å²) in [5, 5.41) is 11.7. The maximum absolute atomic E-state index is 13.2. The van der Waals surface area contributed by atoms with Gasteiger partial charge in [-0.25, -0.2) is 4.84 Å². The fourth-order valence-corrected chi connectivity index (χ4v) is 3.61. The van der Waals surface area contributed by atoms with Crippen molar-refractivity contribution in [3.63, 3.8) is 0 Å². The van der Waals surface area contributed by atoms with Gasteiger partial charge >= 0.3 is 0 Å². The summed E-state index contributed by atoms with van der Waals surface area (Å²) in [7, 11) is 3.01. The van der Waals surface area contributed by atoms with Crippen molar-refractivity contribution in [3.8, 4) is 5.75 Å². The zero-order chi connectivity index (χ0) is 22.4. The van der Waals surface area contributed by atoms with E-state index in [1.807, 2.05) is 56.9 Å². The number of hydroxylamine groups is 2. The maximum atomic E-state index is 13.2. The summed E-state index contributed by atoms with van der Waals surface area (Å²) in [6, 6.07) is 5.94. The second kappa shape index (κ2) is 10.9. The Balaban J connectivity index is 2.45. The van der Waals surface area contributed by atoms with E-state index in [1.54, 1.807) is 7.11 Å². The van der Waals surface area contributed by atoms with Crippen molar-refractivity contribution in [2.75, 3.05) is 21.0 Å². The van der Waals surface area contributed by atoms with E-state index in [-0.39, 0.29) is 18.6 Å². The molecule has 168 valence electrons. The van der Waals surface area contributed by atoms with Crippen molar-refractivity contribution < 1.29 is 29.0 Å². The van der Waals surface area contributed by atoms with Crippen LogP contribution in [-0.2, 0) is 25.7 Å². The van der Waals surface area contributed by atoms with Crippen molar-refractivity contribution >= 4 is 11.8 Å². The van der Waals surface area contributed by atoms with Crippen LogP contribution in [0.5, 0.6) is 5.75 Å². The number of aliphatic hydroxyl groups is 1. The maximum Gasteiger partial charge on any atom is 0.273 e. The first-order valence-corrected chi connectivity index (χ1v) is 10.3. The number of ether oxygens (including phenoxy) is 2. The predicted octanol–water partition coefficient (Wildman–Crippen LogP) is 2.20. The van der Waals surface area contributed by atoms with E-state index in [2.05, 4.69) is 0 Å². The Morgan fingerprint density at radius 3 is 2.17 bits per heavy atom. The van der Waals surface area contributed by atoms with E-state index in [1.165, 1.54) is 7.11 Å². The summed E-state index contributed by atoms with van der Waals surface area (Å²) in [5.74, 6) is -0.277. The number of hydrogen-bond acceptors (Lipinski definition) is 7. The summed E-state index contributed by atoms with van der Waals surface area (Å²) >= 11 is 0. The molecule has 8 heteroatoms. The summed E-state index contributed by atoms with van der Waals surface area (Å²) in [4.78, 5) is 33.5. The average molecular weight is 423 g/mol. The minimum Gasteiger partial charge on any atom is -0.497 e. The van der Waals surface area contributed by atoms with Crippen molar-refractivity contribution in [3.05, 3.63) is 29.8 Å². The van der Waals surface area contributed by atoms with Gasteiger partial charge in [-0.2, -0.15) is 0 Å². The molecule has 1 N–H and O–H groups in total. The third kappa shape index (κ3) is 5.57. The highest BCUT2D eigenvalue weighted by Gasteiger charge is 2.50. The third-order valence-corrected chi connectivity index (χ3v) is 5.22. The zero-order valence-electron chi connectivity index (χ0n) is 18.7. The van der Waals surface area contributed by atoms with Crippen molar-refractivity contribution in [2.24, 2.45) is 11.8 Å². The molecule has 0 radical (unpaired) electrons. The van der Waals surface area contributed by atoms with Gasteiger partial charge in [0.2, 0.25) is 0 Å². The van der Waals surface area contributed by atoms with Crippen LogP contribution in [0.25, 0.3) is 0 Å². The first kappa shape index (κ1) is 24.3. The Morgan fingerprint density at radius 2 is 1.67 bits per heavy atom. The highest BCUT2D eigenvalue weighted by molar-refractivity contribution is 6.01. The third-order valence-electron chi connectivity index (χ3n) is 5.22. The normalized spacial score (nSPS) is 21.6. The number of hydrogen-bond donors (Lipinski definition) is 1. The number of nitrogens with zero attached hydrogens (tertiary/aromatic N) is 2. The molecular formula is C22H34N2O6. The van der Waals surface area contributed by atoms with Gasteiger partial charge in [0.25, 0.3) is 11.8 Å². The van der Waals surface area contributed by atoms with Gasteiger partial charge in [0.15, 0.2) is 6.79 Å². The molecule has 0 spiro atoms. The van der Waals surface area contributed by atoms with Crippen molar-refractivity contribution in [1.82, 2.24) is 9.96 Å². The van der Waals surface area contributed by atoms with Gasteiger partial charge in [0.1, 0.15) is 11.8 Å². The molecule has 1 fully saturated rings. The minimum absolute atomic E-state index is 0.186. The molecule has 0 saturated carbocycles. The standard InChI is InChI=1S/C22H34N2O6/c1-14(2)11-18-21(26)24(30-13-28-5)22(27)19(20(25)15(3)4)23(18)12-16-7-9-17(29-6)10-8-16/h7-10,14-15,18-20,25H,11-13H2,1-6H3/t18-,19-,20+/m0/s1. The van der Waals surface area contributed by atoms with Crippen LogP contribution >= 0.6 is 0 Å². The number of carbonyl (C=O) groups excluding carboxylic acids is 2. The monoisotopic (exact) mass is 422 g/mol. The quantitative estimate of drug-likeness (QED) is 0.457. The zero-order valence-corrected chi connectivity index (χ0v) is 18.7. The molecule has 0 aliphatic carbocycles. The van der Waals surface area contributed by atoms with Crippen LogP contribution in [0.2, 0.25) is 0 Å². The molecule has 1 aliphatic heterocycles. The number of rotatable bonds is 10. The predicted molar refractivity (Wildman–Crippen MR) is 111 cm³/mol. The van der Waals surface area contributed by atoms with Crippen LogP contribution in [-0.4, -0.2) is 66.1 Å². The molecule has 0 unspecified atom stereocenters. The number of benzene rings is 1. The van der Waals surface area contributed by atoms with E-state index >= 15 is 0 Å². The van der Waals surface area contributed by atoms with Gasteiger partial charge in [-0.15, -0.1) is 5.06 Å². The fraction of sp³-hybridized carbons (Fsp3) is 0.636. The molecule has 1 saturated heterocycles. The summed E-state index contributed by atoms with van der Waals surface area (Å²) in [6.07, 6.45) is -0.441. The highest BCUT2D eigenvalue weighted by Crippen LogP contribution is 2.30. The second-order valence-electron chi connectivity index (χ2n) is 8.35. The van der Waals surface area contributed by atoms with E-state index in [0.29, 0.717) is 13.0 Å². The first-order valence-electron chi connectivity index (χ1n) is 10.3. The van der Waals surface area contributed by atoms with Crippen LogP contribution in [0.15, 0.2) is 24.3 Å². The average Bonchev–Trinajstić information content (AvgIpc) is 2.71. The van der Waals surface area contributed by atoms with Gasteiger partial charge in [-0.3, -0.25) is 14.5 Å². The van der Waals surface area contributed by atoms with Crippen molar-refractivity contribution in [1.29, 1.82) is 0 Å². The number of piperazine rings is 1. The van der Waals surface area contributed by atoms with Gasteiger partial charge < -0.3 is 14.6 Å². The molecule has 1 aromatic rings. The Morgan fingerprint density at radius 1 is 1.03 bits per heavy atom. The fourth-order valence-electron chi connectivity index (χ4n) is 3.61. The van der Waals surface area contributed by atoms with Crippen LogP contribution < -0.4 is 4.74 Å². The molecular weight excluding hydrogens is 388 g/mol. The Bertz CT molecular complexity index is 706. The molecule has 2 amide bonds. The molecule has 0 aromatic heterocycles. The van der Waals surface area contributed by atoms with Gasteiger partial charge in [0.05, 0.1) is 19.3 Å². The highest BCUT2D eigenvalue weighted by atomic mass is 16.8. The van der Waals surface area contributed by atoms with Gasteiger partial charge in [-0.05, 0) is 36.0 Å². The lowest BCUT2D eigenvalue weighted by atomic mass is 9.90. The SMILES string of the molecule is COCON1C(=O)[C@H]([C@H](O)C(C)C)N(Cc2ccc(OC)cc2)[C@@H](CC(C)C)C1=O. The van der Waals surface area contributed by atoms with E-state index in [9.17, 15) is 14.7 Å². The summed E-state index contributed by atoms with van der Waals surface area (Å²) in [6.45, 7) is 7.84. The lowest BCUT2D eigenvalue weighted by Crippen LogP contribution is -2.68. The number of amides is 2. The Kier molecular flexibility index (Phi) is 8.78. The smallest absolute Gasteiger partial charge is 0.273 e. The molecule has 30 heavy (non-hydrogen) atoms. The summed E-state index contributed by atoms with van der Waals surface area (Å²) in [5.41, 5.74) is 0.914. The van der Waals surface area contributed by atoms with E-state index in [4.69, 9.17) is 14.3 Å². The molecule has 1 aliphatic rings.